The van der Waals surface area contributed by atoms with Gasteiger partial charge < -0.3 is 0 Å². The van der Waals surface area contributed by atoms with E-state index in [0.717, 1.165) is 5.82 Å². The highest BCUT2D eigenvalue weighted by Gasteiger charge is 2.19. The van der Waals surface area contributed by atoms with E-state index in [1.807, 2.05) is 0 Å². The first-order valence-electron chi connectivity index (χ1n) is 6.72. The molecule has 0 aliphatic rings. The molecule has 0 spiro atoms. The second-order valence-corrected chi connectivity index (χ2v) is 5.13. The van der Waals surface area contributed by atoms with Crippen molar-refractivity contribution in [2.24, 2.45) is 0 Å². The van der Waals surface area contributed by atoms with Gasteiger partial charge in [-0.1, -0.05) is 59.7 Å². The molecule has 3 rings (SSSR count). The Morgan fingerprint density at radius 1 is 0.800 bits per heavy atom. The molecule has 100 valence electrons. The van der Waals surface area contributed by atoms with E-state index in [0.29, 0.717) is 0 Å². The van der Waals surface area contributed by atoms with E-state index in [-0.39, 0.29) is 5.92 Å². The summed E-state index contributed by atoms with van der Waals surface area (Å²) in [6.07, 6.45) is 1.56. The molecule has 0 fully saturated rings. The predicted molar refractivity (Wildman–Crippen MR) is 79.7 cm³/mol. The molecule has 0 unspecified atom stereocenters. The van der Waals surface area contributed by atoms with E-state index >= 15 is 0 Å². The molecule has 0 atom stereocenters. The van der Waals surface area contributed by atoms with Crippen molar-refractivity contribution in [2.75, 3.05) is 0 Å². The van der Waals surface area contributed by atoms with Crippen LogP contribution in [0.5, 0.6) is 0 Å². The minimum absolute atomic E-state index is 0.0960. The third kappa shape index (κ3) is 2.48. The van der Waals surface area contributed by atoms with Crippen LogP contribution in [-0.4, -0.2) is 15.2 Å². The van der Waals surface area contributed by atoms with Gasteiger partial charge >= 0.3 is 0 Å². The monoisotopic (exact) mass is 263 g/mol. The molecule has 0 bridgehead atoms. The molecule has 3 heteroatoms. The first-order chi connectivity index (χ1) is 9.74. The topological polar surface area (TPSA) is 41.6 Å². The van der Waals surface area contributed by atoms with Gasteiger partial charge in [0.1, 0.15) is 12.2 Å². The summed E-state index contributed by atoms with van der Waals surface area (Å²) in [5.41, 5.74) is 4.95. The molecule has 0 aliphatic heterocycles. The molecular weight excluding hydrogens is 246 g/mol. The Morgan fingerprint density at radius 3 is 1.70 bits per heavy atom. The molecule has 0 amide bonds. The predicted octanol–water partition coefficient (Wildman–Crippen LogP) is 3.60. The highest BCUT2D eigenvalue weighted by molar-refractivity contribution is 5.39. The van der Waals surface area contributed by atoms with E-state index in [1.165, 1.54) is 22.3 Å². The van der Waals surface area contributed by atoms with Crippen LogP contribution >= 0.6 is 0 Å². The molecule has 3 aromatic rings. The van der Waals surface area contributed by atoms with Crippen molar-refractivity contribution in [2.45, 2.75) is 19.8 Å². The molecule has 20 heavy (non-hydrogen) atoms. The first-order valence-corrected chi connectivity index (χ1v) is 6.72. The van der Waals surface area contributed by atoms with Gasteiger partial charge in [0.05, 0.1) is 5.92 Å². The lowest BCUT2D eigenvalue weighted by molar-refractivity contribution is 0.861. The number of H-pyrrole nitrogens is 1. The molecular formula is C17H17N3. The number of nitrogens with one attached hydrogen (secondary N) is 1. The number of aromatic nitrogens is 3. The molecule has 0 radical (unpaired) electrons. The lowest BCUT2D eigenvalue weighted by Gasteiger charge is -2.16. The number of hydrogen-bond donors (Lipinski definition) is 1. The Balaban J connectivity index is 2.09. The summed E-state index contributed by atoms with van der Waals surface area (Å²) in [6.45, 7) is 4.19. The molecule has 1 heterocycles. The lowest BCUT2D eigenvalue weighted by atomic mass is 9.90. The lowest BCUT2D eigenvalue weighted by Crippen LogP contribution is -2.05. The van der Waals surface area contributed by atoms with E-state index < -0.39 is 0 Å². The zero-order valence-electron chi connectivity index (χ0n) is 11.7. The highest BCUT2D eigenvalue weighted by atomic mass is 15.2. The molecule has 3 nitrogen and oxygen atoms in total. The maximum absolute atomic E-state index is 4.35. The number of hydrogen-bond acceptors (Lipinski definition) is 2. The fourth-order valence-electron chi connectivity index (χ4n) is 2.38. The number of benzene rings is 2. The number of nitrogens with zero attached hydrogens (tertiary/aromatic N) is 2. The second-order valence-electron chi connectivity index (χ2n) is 5.13. The van der Waals surface area contributed by atoms with Gasteiger partial charge in [-0.3, -0.25) is 5.10 Å². The van der Waals surface area contributed by atoms with Gasteiger partial charge in [-0.15, -0.1) is 0 Å². The number of rotatable bonds is 3. The van der Waals surface area contributed by atoms with E-state index in [1.54, 1.807) is 6.33 Å². The largest absolute Gasteiger partial charge is 0.263 e. The van der Waals surface area contributed by atoms with Gasteiger partial charge in [-0.25, -0.2) is 4.98 Å². The van der Waals surface area contributed by atoms with Crippen LogP contribution in [0, 0.1) is 13.8 Å². The van der Waals surface area contributed by atoms with Crippen LogP contribution in [0.2, 0.25) is 0 Å². The van der Waals surface area contributed by atoms with E-state index in [4.69, 9.17) is 0 Å². The molecule has 1 N–H and O–H groups in total. The fourth-order valence-corrected chi connectivity index (χ4v) is 2.38. The van der Waals surface area contributed by atoms with Crippen LogP contribution in [0.4, 0.5) is 0 Å². The van der Waals surface area contributed by atoms with Crippen molar-refractivity contribution in [1.29, 1.82) is 0 Å². The van der Waals surface area contributed by atoms with Crippen molar-refractivity contribution < 1.29 is 0 Å². The quantitative estimate of drug-likeness (QED) is 0.784. The average Bonchev–Trinajstić information content (AvgIpc) is 2.97. The van der Waals surface area contributed by atoms with E-state index in [9.17, 15) is 0 Å². The van der Waals surface area contributed by atoms with Crippen LogP contribution in [0.15, 0.2) is 54.9 Å². The first kappa shape index (κ1) is 12.6. The van der Waals surface area contributed by atoms with Gasteiger partial charge in [-0.05, 0) is 25.0 Å². The van der Waals surface area contributed by atoms with Gasteiger partial charge in [-0.2, -0.15) is 5.10 Å². The standard InChI is InChI=1S/C17H17N3/c1-12-3-7-14(8-4-12)16(17-18-11-19-20-17)15-9-5-13(2)6-10-15/h3-11,16H,1-2H3,(H,18,19,20). The van der Waals surface area contributed by atoms with Gasteiger partial charge in [0, 0.05) is 0 Å². The number of aromatic amines is 1. The van der Waals surface area contributed by atoms with Gasteiger partial charge in [0.25, 0.3) is 0 Å². The van der Waals surface area contributed by atoms with Crippen LogP contribution in [-0.2, 0) is 0 Å². The van der Waals surface area contributed by atoms with E-state index in [2.05, 4.69) is 77.6 Å². The summed E-state index contributed by atoms with van der Waals surface area (Å²) in [6, 6.07) is 17.1. The van der Waals surface area contributed by atoms with Crippen LogP contribution < -0.4 is 0 Å². The summed E-state index contributed by atoms with van der Waals surface area (Å²) in [5.74, 6) is 0.969. The Labute approximate surface area is 118 Å². The Kier molecular flexibility index (Phi) is 3.33. The highest BCUT2D eigenvalue weighted by Crippen LogP contribution is 2.29. The van der Waals surface area contributed by atoms with Crippen LogP contribution in [0.25, 0.3) is 0 Å². The smallest absolute Gasteiger partial charge is 0.137 e. The Hall–Kier alpha value is -2.42. The Bertz CT molecular complexity index is 622. The number of aryl methyl sites for hydroxylation is 2. The SMILES string of the molecule is Cc1ccc(C(c2ccc(C)cc2)c2ncn[nH]2)cc1. The summed E-state index contributed by atoms with van der Waals surface area (Å²) in [4.78, 5) is 4.35. The van der Waals surface area contributed by atoms with Crippen LogP contribution in [0.1, 0.15) is 34.0 Å². The fraction of sp³-hybridized carbons (Fsp3) is 0.176. The third-order valence-electron chi connectivity index (χ3n) is 3.53. The van der Waals surface area contributed by atoms with Gasteiger partial charge in [0.15, 0.2) is 0 Å². The summed E-state index contributed by atoms with van der Waals surface area (Å²) >= 11 is 0. The normalized spacial score (nSPS) is 10.9. The molecule has 1 aromatic heterocycles. The molecule has 0 saturated carbocycles. The van der Waals surface area contributed by atoms with Crippen molar-refractivity contribution in [3.8, 4) is 0 Å². The zero-order valence-corrected chi connectivity index (χ0v) is 11.7. The minimum Gasteiger partial charge on any atom is -0.263 e. The maximum atomic E-state index is 4.35. The zero-order chi connectivity index (χ0) is 13.9. The van der Waals surface area contributed by atoms with Crippen molar-refractivity contribution in [3.63, 3.8) is 0 Å². The second kappa shape index (κ2) is 5.29. The summed E-state index contributed by atoms with van der Waals surface area (Å²) < 4.78 is 0. The van der Waals surface area contributed by atoms with Crippen molar-refractivity contribution in [3.05, 3.63) is 82.9 Å². The van der Waals surface area contributed by atoms with Gasteiger partial charge in [0.2, 0.25) is 0 Å². The third-order valence-corrected chi connectivity index (χ3v) is 3.53. The van der Waals surface area contributed by atoms with Crippen molar-refractivity contribution >= 4 is 0 Å². The molecule has 2 aromatic carbocycles. The summed E-state index contributed by atoms with van der Waals surface area (Å²) in [5, 5.41) is 7.00. The molecule has 0 saturated heterocycles. The molecule has 0 aliphatic carbocycles. The Morgan fingerprint density at radius 2 is 1.30 bits per heavy atom. The van der Waals surface area contributed by atoms with Crippen LogP contribution in [0.3, 0.4) is 0 Å². The minimum atomic E-state index is 0.0960. The maximum Gasteiger partial charge on any atom is 0.137 e. The average molecular weight is 263 g/mol. The summed E-state index contributed by atoms with van der Waals surface area (Å²) in [7, 11) is 0. The van der Waals surface area contributed by atoms with Crippen molar-refractivity contribution in [1.82, 2.24) is 15.2 Å².